The first-order valence-electron chi connectivity index (χ1n) is 10.4. The lowest BCUT2D eigenvalue weighted by Gasteiger charge is -2.04. The molecule has 4 nitrogen and oxygen atoms in total. The van der Waals surface area contributed by atoms with Crippen LogP contribution in [0.1, 0.15) is 76.7 Å². The second kappa shape index (κ2) is 15.2. The lowest BCUT2D eigenvalue weighted by atomic mass is 10.1. The minimum Gasteiger partial charge on any atom is -0.463 e. The van der Waals surface area contributed by atoms with E-state index >= 15 is 0 Å². The highest BCUT2D eigenvalue weighted by Crippen LogP contribution is 2.21. The van der Waals surface area contributed by atoms with Crippen LogP contribution in [0.4, 0.5) is 0 Å². The minimum atomic E-state index is -0.627. The summed E-state index contributed by atoms with van der Waals surface area (Å²) in [4.78, 5) is 23.3. The third-order valence-electron chi connectivity index (χ3n) is 4.45. The summed E-state index contributed by atoms with van der Waals surface area (Å²) < 4.78 is 10.2. The van der Waals surface area contributed by atoms with Crippen molar-refractivity contribution in [3.8, 4) is 5.75 Å². The fourth-order valence-corrected chi connectivity index (χ4v) is 2.89. The van der Waals surface area contributed by atoms with Gasteiger partial charge in [-0.2, -0.15) is 0 Å². The molecule has 0 fully saturated rings. The number of ether oxygens (including phenoxy) is 2. The van der Waals surface area contributed by atoms with Gasteiger partial charge >= 0.3 is 11.9 Å². The number of benzene rings is 1. The zero-order valence-corrected chi connectivity index (χ0v) is 17.9. The van der Waals surface area contributed by atoms with Crippen LogP contribution >= 0.6 is 11.6 Å². The van der Waals surface area contributed by atoms with Crippen LogP contribution in [-0.4, -0.2) is 18.5 Å². The Morgan fingerprint density at radius 2 is 1.46 bits per heavy atom. The Morgan fingerprint density at radius 3 is 2.07 bits per heavy atom. The molecule has 0 N–H and O–H groups in total. The summed E-state index contributed by atoms with van der Waals surface area (Å²) in [6.45, 7) is 4.43. The number of carbonyl (C=O) groups excluding carboxylic acids is 2. The van der Waals surface area contributed by atoms with Gasteiger partial charge in [-0.25, -0.2) is 9.59 Å². The molecule has 0 heterocycles. The number of unbranched alkanes of at least 4 members (excludes halogenated alkanes) is 9. The molecule has 0 aromatic heterocycles. The van der Waals surface area contributed by atoms with Crippen LogP contribution in [0.2, 0.25) is 5.02 Å². The maximum atomic E-state index is 11.7. The first kappa shape index (κ1) is 24.2. The average Bonchev–Trinajstić information content (AvgIpc) is 2.67. The van der Waals surface area contributed by atoms with Gasteiger partial charge in [-0.1, -0.05) is 76.3 Å². The molecule has 1 aromatic carbocycles. The van der Waals surface area contributed by atoms with E-state index < -0.39 is 11.9 Å². The highest BCUT2D eigenvalue weighted by molar-refractivity contribution is 6.31. The molecule has 156 valence electrons. The molecule has 0 radical (unpaired) electrons. The van der Waals surface area contributed by atoms with E-state index in [1.54, 1.807) is 18.2 Å². The van der Waals surface area contributed by atoms with Crippen LogP contribution in [0.15, 0.2) is 30.4 Å². The molecule has 1 rings (SSSR count). The highest BCUT2D eigenvalue weighted by atomic mass is 35.5. The van der Waals surface area contributed by atoms with Crippen LogP contribution in [0.5, 0.6) is 5.75 Å². The first-order valence-corrected chi connectivity index (χ1v) is 10.7. The monoisotopic (exact) mass is 408 g/mol. The Labute approximate surface area is 174 Å². The van der Waals surface area contributed by atoms with E-state index in [1.807, 2.05) is 6.92 Å². The predicted molar refractivity (Wildman–Crippen MR) is 114 cm³/mol. The molecular weight excluding hydrogens is 376 g/mol. The van der Waals surface area contributed by atoms with E-state index in [2.05, 4.69) is 6.92 Å². The number of carbonyl (C=O) groups is 2. The number of hydrogen-bond donors (Lipinski definition) is 0. The predicted octanol–water partition coefficient (Wildman–Crippen LogP) is 6.57. The largest absolute Gasteiger partial charge is 0.463 e. The van der Waals surface area contributed by atoms with Crippen LogP contribution in [-0.2, 0) is 14.3 Å². The number of hydrogen-bond acceptors (Lipinski definition) is 4. The first-order chi connectivity index (χ1) is 13.5. The van der Waals surface area contributed by atoms with E-state index in [9.17, 15) is 9.59 Å². The van der Waals surface area contributed by atoms with Gasteiger partial charge in [-0.15, -0.1) is 0 Å². The molecule has 1 aromatic rings. The van der Waals surface area contributed by atoms with Crippen molar-refractivity contribution < 1.29 is 19.1 Å². The fourth-order valence-electron chi connectivity index (χ4n) is 2.78. The van der Waals surface area contributed by atoms with E-state index in [0.29, 0.717) is 17.4 Å². The van der Waals surface area contributed by atoms with E-state index in [0.717, 1.165) is 30.6 Å². The van der Waals surface area contributed by atoms with Gasteiger partial charge in [0.25, 0.3) is 0 Å². The van der Waals surface area contributed by atoms with Crippen molar-refractivity contribution >= 4 is 23.5 Å². The Kier molecular flexibility index (Phi) is 13.1. The van der Waals surface area contributed by atoms with Gasteiger partial charge in [0, 0.05) is 17.2 Å². The van der Waals surface area contributed by atoms with Gasteiger partial charge in [0.1, 0.15) is 5.75 Å². The Bertz CT molecular complexity index is 625. The smallest absolute Gasteiger partial charge is 0.336 e. The van der Waals surface area contributed by atoms with Crippen LogP contribution < -0.4 is 4.74 Å². The van der Waals surface area contributed by atoms with Gasteiger partial charge in [-0.3, -0.25) is 0 Å². The van der Waals surface area contributed by atoms with Gasteiger partial charge in [0.05, 0.1) is 6.61 Å². The highest BCUT2D eigenvalue weighted by Gasteiger charge is 2.04. The summed E-state index contributed by atoms with van der Waals surface area (Å²) in [5.74, 6) is -0.770. The molecule has 0 atom stereocenters. The van der Waals surface area contributed by atoms with Crippen molar-refractivity contribution in [2.24, 2.45) is 0 Å². The number of aryl methyl sites for hydroxylation is 1. The standard InChI is InChI=1S/C23H33ClO4/c1-3-4-5-6-7-8-9-10-11-12-17-27-22(25)15-16-23(26)28-20-13-14-21(24)19(2)18-20/h13-16,18H,3-12,17H2,1-2H3/b16-15+. The van der Waals surface area contributed by atoms with Gasteiger partial charge in [0.2, 0.25) is 0 Å². The van der Waals surface area contributed by atoms with Crippen molar-refractivity contribution in [2.75, 3.05) is 6.61 Å². The summed E-state index contributed by atoms with van der Waals surface area (Å²) in [6, 6.07) is 4.92. The summed E-state index contributed by atoms with van der Waals surface area (Å²) in [6.07, 6.45) is 14.5. The molecule has 0 unspecified atom stereocenters. The molecule has 0 saturated carbocycles. The van der Waals surface area contributed by atoms with Crippen LogP contribution in [0, 0.1) is 6.92 Å². The summed E-state index contributed by atoms with van der Waals surface area (Å²) >= 11 is 5.92. The average molecular weight is 409 g/mol. The lowest BCUT2D eigenvalue weighted by molar-refractivity contribution is -0.138. The quantitative estimate of drug-likeness (QED) is 0.151. The molecule has 0 bridgehead atoms. The van der Waals surface area contributed by atoms with Crippen molar-refractivity contribution in [2.45, 2.75) is 78.1 Å². The van der Waals surface area contributed by atoms with Crippen molar-refractivity contribution in [3.05, 3.63) is 40.9 Å². The van der Waals surface area contributed by atoms with Crippen molar-refractivity contribution in [1.82, 2.24) is 0 Å². The van der Waals surface area contributed by atoms with Crippen LogP contribution in [0.3, 0.4) is 0 Å². The van der Waals surface area contributed by atoms with Gasteiger partial charge < -0.3 is 9.47 Å². The van der Waals surface area contributed by atoms with Crippen molar-refractivity contribution in [1.29, 1.82) is 0 Å². The summed E-state index contributed by atoms with van der Waals surface area (Å²) in [5.41, 5.74) is 0.812. The fraction of sp³-hybridized carbons (Fsp3) is 0.565. The van der Waals surface area contributed by atoms with E-state index in [1.165, 1.54) is 51.4 Å². The molecular formula is C23H33ClO4. The summed E-state index contributed by atoms with van der Waals surface area (Å²) in [7, 11) is 0. The topological polar surface area (TPSA) is 52.6 Å². The number of halogens is 1. The lowest BCUT2D eigenvalue weighted by Crippen LogP contribution is -2.07. The van der Waals surface area contributed by atoms with E-state index in [-0.39, 0.29) is 0 Å². The molecule has 5 heteroatoms. The Hall–Kier alpha value is -1.81. The molecule has 28 heavy (non-hydrogen) atoms. The SMILES string of the molecule is CCCCCCCCCCCCOC(=O)/C=C/C(=O)Oc1ccc(Cl)c(C)c1. The number of rotatable bonds is 14. The maximum absolute atomic E-state index is 11.7. The zero-order chi connectivity index (χ0) is 20.6. The molecule has 0 spiro atoms. The van der Waals surface area contributed by atoms with Crippen LogP contribution in [0.25, 0.3) is 0 Å². The Morgan fingerprint density at radius 1 is 0.893 bits per heavy atom. The van der Waals surface area contributed by atoms with Gasteiger partial charge in [-0.05, 0) is 37.1 Å². The molecule has 0 aliphatic heterocycles. The second-order valence-electron chi connectivity index (χ2n) is 7.01. The van der Waals surface area contributed by atoms with Gasteiger partial charge in [0.15, 0.2) is 0 Å². The van der Waals surface area contributed by atoms with Crippen molar-refractivity contribution in [3.63, 3.8) is 0 Å². The molecule has 0 aliphatic rings. The Balaban J connectivity index is 2.06. The third kappa shape index (κ3) is 11.8. The second-order valence-corrected chi connectivity index (χ2v) is 7.42. The summed E-state index contributed by atoms with van der Waals surface area (Å²) in [5, 5.41) is 0.603. The molecule has 0 aliphatic carbocycles. The molecule has 0 saturated heterocycles. The normalized spacial score (nSPS) is 11.0. The molecule has 0 amide bonds. The minimum absolute atomic E-state index is 0.380. The zero-order valence-electron chi connectivity index (χ0n) is 17.2. The van der Waals surface area contributed by atoms with E-state index in [4.69, 9.17) is 21.1 Å². The maximum Gasteiger partial charge on any atom is 0.336 e. The number of esters is 2. The third-order valence-corrected chi connectivity index (χ3v) is 4.87.